The van der Waals surface area contributed by atoms with E-state index in [-0.39, 0.29) is 18.2 Å². The summed E-state index contributed by atoms with van der Waals surface area (Å²) in [7, 11) is -4.23. The summed E-state index contributed by atoms with van der Waals surface area (Å²) in [6, 6.07) is 6.72. The summed E-state index contributed by atoms with van der Waals surface area (Å²) < 4.78 is 17.8. The van der Waals surface area contributed by atoms with Crippen molar-refractivity contribution in [3.63, 3.8) is 0 Å². The number of rotatable bonds is 7. The van der Waals surface area contributed by atoms with Crippen molar-refractivity contribution in [1.29, 1.82) is 0 Å². The van der Waals surface area contributed by atoms with Crippen molar-refractivity contribution in [2.24, 2.45) is 0 Å². The Bertz CT molecular complexity index is 1010. The minimum absolute atomic E-state index is 0.0655. The summed E-state index contributed by atoms with van der Waals surface area (Å²) in [6.07, 6.45) is 0.410. The quantitative estimate of drug-likeness (QED) is 0.334. The number of anilines is 1. The summed E-state index contributed by atoms with van der Waals surface area (Å²) in [5.41, 5.74) is 6.83. The molecule has 27 heavy (non-hydrogen) atoms. The number of nitrogen functional groups attached to an aromatic ring is 1. The molecule has 0 aliphatic rings. The normalized spacial score (nSPS) is 13.1. The van der Waals surface area contributed by atoms with Crippen molar-refractivity contribution in [2.45, 2.75) is 29.5 Å². The van der Waals surface area contributed by atoms with E-state index in [1.54, 1.807) is 36.0 Å². The lowest BCUT2D eigenvalue weighted by Crippen LogP contribution is -2.17. The fourth-order valence-electron chi connectivity index (χ4n) is 2.35. The SMILES string of the molecule is CC(Cn1cnc2c(Sc3cccc(O)c3)nc(N)nc21)OCP(=O)(O)O. The van der Waals surface area contributed by atoms with E-state index in [0.29, 0.717) is 16.2 Å². The highest BCUT2D eigenvalue weighted by molar-refractivity contribution is 7.99. The predicted octanol–water partition coefficient (Wildman–Crippen LogP) is 1.81. The minimum Gasteiger partial charge on any atom is -0.508 e. The average Bonchev–Trinajstić information content (AvgIpc) is 2.95. The zero-order valence-corrected chi connectivity index (χ0v) is 16.0. The molecule has 0 saturated heterocycles. The summed E-state index contributed by atoms with van der Waals surface area (Å²) in [4.78, 5) is 31.3. The molecule has 1 atom stereocenters. The fourth-order valence-corrected chi connectivity index (χ4v) is 3.73. The van der Waals surface area contributed by atoms with Gasteiger partial charge in [0.1, 0.15) is 22.6 Å². The van der Waals surface area contributed by atoms with Crippen molar-refractivity contribution >= 4 is 36.5 Å². The number of ether oxygens (including phenoxy) is 1. The van der Waals surface area contributed by atoms with Crippen molar-refractivity contribution in [3.05, 3.63) is 30.6 Å². The Labute approximate surface area is 158 Å². The van der Waals surface area contributed by atoms with Gasteiger partial charge < -0.3 is 29.9 Å². The van der Waals surface area contributed by atoms with Gasteiger partial charge in [-0.05, 0) is 25.1 Å². The van der Waals surface area contributed by atoms with Crippen LogP contribution in [0.3, 0.4) is 0 Å². The van der Waals surface area contributed by atoms with E-state index in [1.165, 1.54) is 11.8 Å². The van der Waals surface area contributed by atoms with Crippen LogP contribution in [0.2, 0.25) is 0 Å². The highest BCUT2D eigenvalue weighted by atomic mass is 32.2. The van der Waals surface area contributed by atoms with Gasteiger partial charge in [0.2, 0.25) is 5.95 Å². The molecule has 2 aromatic heterocycles. The van der Waals surface area contributed by atoms with Crippen LogP contribution in [0.25, 0.3) is 11.2 Å². The van der Waals surface area contributed by atoms with Gasteiger partial charge in [-0.15, -0.1) is 0 Å². The molecule has 0 spiro atoms. The second-order valence-electron chi connectivity index (χ2n) is 5.83. The number of fused-ring (bicyclic) bond motifs is 1. The molecule has 0 aliphatic heterocycles. The lowest BCUT2D eigenvalue weighted by atomic mass is 10.3. The van der Waals surface area contributed by atoms with E-state index >= 15 is 0 Å². The second kappa shape index (κ2) is 7.83. The Morgan fingerprint density at radius 3 is 2.85 bits per heavy atom. The number of imidazole rings is 1. The lowest BCUT2D eigenvalue weighted by Gasteiger charge is -2.14. The average molecular weight is 411 g/mol. The van der Waals surface area contributed by atoms with Crippen LogP contribution in [0.1, 0.15) is 6.92 Å². The first-order valence-corrected chi connectivity index (χ1v) is 10.4. The molecule has 0 bridgehead atoms. The Hall–Kier alpha value is -2.17. The van der Waals surface area contributed by atoms with Crippen molar-refractivity contribution in [1.82, 2.24) is 19.5 Å². The molecule has 0 fully saturated rings. The lowest BCUT2D eigenvalue weighted by molar-refractivity contribution is 0.0764. The topological polar surface area (TPSA) is 157 Å². The third kappa shape index (κ3) is 5.18. The number of hydrogen-bond donors (Lipinski definition) is 4. The van der Waals surface area contributed by atoms with Gasteiger partial charge >= 0.3 is 7.60 Å². The van der Waals surface area contributed by atoms with Gasteiger partial charge in [-0.1, -0.05) is 17.8 Å². The van der Waals surface area contributed by atoms with Gasteiger partial charge in [-0.3, -0.25) is 4.57 Å². The van der Waals surface area contributed by atoms with Crippen molar-refractivity contribution < 1.29 is 24.2 Å². The number of phenolic OH excluding ortho intramolecular Hbond substituents is 1. The van der Waals surface area contributed by atoms with Crippen molar-refractivity contribution in [2.75, 3.05) is 12.1 Å². The van der Waals surface area contributed by atoms with Gasteiger partial charge in [0.15, 0.2) is 5.65 Å². The molecule has 12 heteroatoms. The number of nitrogens with zero attached hydrogens (tertiary/aromatic N) is 4. The van der Waals surface area contributed by atoms with Gasteiger partial charge in [0, 0.05) is 4.90 Å². The first-order valence-electron chi connectivity index (χ1n) is 7.82. The second-order valence-corrected chi connectivity index (χ2v) is 8.48. The van der Waals surface area contributed by atoms with Gasteiger partial charge in [0.25, 0.3) is 0 Å². The number of aromatic hydroxyl groups is 1. The van der Waals surface area contributed by atoms with Crippen molar-refractivity contribution in [3.8, 4) is 5.75 Å². The molecule has 1 unspecified atom stereocenters. The standard InChI is InChI=1S/C15H18N5O5PS/c1-9(25-8-26(22,23)24)6-20-7-17-12-13(20)18-15(16)19-14(12)27-11-4-2-3-10(21)5-11/h2-5,7,9,21H,6,8H2,1H3,(H2,16,18,19)(H2,22,23,24). The molecule has 0 radical (unpaired) electrons. The minimum atomic E-state index is -4.23. The highest BCUT2D eigenvalue weighted by Crippen LogP contribution is 2.35. The van der Waals surface area contributed by atoms with E-state index in [0.717, 1.165) is 4.90 Å². The number of nitrogens with two attached hydrogens (primary N) is 1. The van der Waals surface area contributed by atoms with Crippen LogP contribution < -0.4 is 5.73 Å². The molecule has 1 aromatic carbocycles. The molecule has 3 rings (SSSR count). The molecule has 3 aromatic rings. The summed E-state index contributed by atoms with van der Waals surface area (Å²) >= 11 is 1.29. The fraction of sp³-hybridized carbons (Fsp3) is 0.267. The van der Waals surface area contributed by atoms with Crippen LogP contribution >= 0.6 is 19.4 Å². The number of benzene rings is 1. The highest BCUT2D eigenvalue weighted by Gasteiger charge is 2.18. The predicted molar refractivity (Wildman–Crippen MR) is 99.4 cm³/mol. The van der Waals surface area contributed by atoms with Gasteiger partial charge in [0.05, 0.1) is 19.0 Å². The zero-order chi connectivity index (χ0) is 19.6. The third-order valence-corrected chi connectivity index (χ3v) is 4.92. The van der Waals surface area contributed by atoms with Crippen LogP contribution in [0, 0.1) is 0 Å². The van der Waals surface area contributed by atoms with E-state index in [9.17, 15) is 9.67 Å². The monoisotopic (exact) mass is 411 g/mol. The Morgan fingerprint density at radius 2 is 2.15 bits per heavy atom. The third-order valence-electron chi connectivity index (χ3n) is 3.46. The van der Waals surface area contributed by atoms with Gasteiger partial charge in [-0.2, -0.15) is 4.98 Å². The van der Waals surface area contributed by atoms with Crippen LogP contribution in [-0.2, 0) is 15.8 Å². The molecule has 10 nitrogen and oxygen atoms in total. The molecule has 0 aliphatic carbocycles. The van der Waals surface area contributed by atoms with Crippen LogP contribution in [-0.4, -0.2) is 46.9 Å². The van der Waals surface area contributed by atoms with E-state index in [1.807, 2.05) is 6.07 Å². The summed E-state index contributed by atoms with van der Waals surface area (Å²) in [5, 5.41) is 10.1. The Kier molecular flexibility index (Phi) is 5.68. The number of hydrogen-bond acceptors (Lipinski definition) is 8. The molecule has 5 N–H and O–H groups in total. The Balaban J connectivity index is 1.85. The molecular weight excluding hydrogens is 393 g/mol. The van der Waals surface area contributed by atoms with E-state index in [4.69, 9.17) is 20.3 Å². The van der Waals surface area contributed by atoms with Gasteiger partial charge in [-0.25, -0.2) is 9.97 Å². The first-order chi connectivity index (χ1) is 12.7. The summed E-state index contributed by atoms with van der Waals surface area (Å²) in [5.74, 6) is 0.204. The van der Waals surface area contributed by atoms with Crippen LogP contribution in [0.5, 0.6) is 5.75 Å². The molecule has 144 valence electrons. The van der Waals surface area contributed by atoms with Crippen LogP contribution in [0.4, 0.5) is 5.95 Å². The Morgan fingerprint density at radius 1 is 1.37 bits per heavy atom. The maximum absolute atomic E-state index is 10.9. The largest absolute Gasteiger partial charge is 0.508 e. The maximum Gasteiger partial charge on any atom is 0.350 e. The summed E-state index contributed by atoms with van der Waals surface area (Å²) in [6.45, 7) is 1.97. The maximum atomic E-state index is 10.9. The van der Waals surface area contributed by atoms with E-state index < -0.39 is 20.0 Å². The molecule has 0 saturated carbocycles. The first kappa shape index (κ1) is 19.6. The van der Waals surface area contributed by atoms with E-state index in [2.05, 4.69) is 15.0 Å². The smallest absolute Gasteiger partial charge is 0.350 e. The molecular formula is C15H18N5O5PS. The molecule has 0 amide bonds. The zero-order valence-electron chi connectivity index (χ0n) is 14.3. The van der Waals surface area contributed by atoms with Crippen LogP contribution in [0.15, 0.2) is 40.5 Å². The molecule has 2 heterocycles. The number of phenols is 1. The number of aromatic nitrogens is 4.